The molecule has 0 radical (unpaired) electrons. The zero-order chi connectivity index (χ0) is 11.5. The van der Waals surface area contributed by atoms with Crippen molar-refractivity contribution in [1.29, 1.82) is 0 Å². The van der Waals surface area contributed by atoms with Crippen LogP contribution < -0.4 is 0 Å². The summed E-state index contributed by atoms with van der Waals surface area (Å²) < 4.78 is 0. The van der Waals surface area contributed by atoms with Crippen LogP contribution in [0.3, 0.4) is 0 Å². The van der Waals surface area contributed by atoms with Gasteiger partial charge in [-0.05, 0) is 25.3 Å². The van der Waals surface area contributed by atoms with E-state index in [4.69, 9.17) is 5.11 Å². The molecule has 1 saturated heterocycles. The smallest absolute Gasteiger partial charge is 0.306 e. The fraction of sp³-hybridized carbons (Fsp3) is 0.909. The Bertz CT molecular complexity index is 230. The SMILES string of the molecule is CC(C)CCN1CCC(O)(CC(=O)O)C1. The first kappa shape index (κ1) is 12.5. The first-order valence-corrected chi connectivity index (χ1v) is 5.58. The lowest BCUT2D eigenvalue weighted by Gasteiger charge is -2.21. The molecule has 1 fully saturated rings. The molecule has 4 nitrogen and oxygen atoms in total. The Kier molecular flexibility index (Phi) is 4.11. The molecular formula is C11H21NO3. The number of carboxylic acid groups (broad SMARTS) is 1. The van der Waals surface area contributed by atoms with E-state index in [2.05, 4.69) is 18.7 Å². The van der Waals surface area contributed by atoms with E-state index in [1.54, 1.807) is 0 Å². The minimum Gasteiger partial charge on any atom is -0.481 e. The summed E-state index contributed by atoms with van der Waals surface area (Å²) in [5, 5.41) is 18.6. The molecule has 15 heavy (non-hydrogen) atoms. The number of rotatable bonds is 5. The minimum atomic E-state index is -0.997. The second-order valence-electron chi connectivity index (χ2n) is 5.00. The first-order valence-electron chi connectivity index (χ1n) is 5.58. The molecule has 0 saturated carbocycles. The van der Waals surface area contributed by atoms with E-state index in [0.29, 0.717) is 18.9 Å². The van der Waals surface area contributed by atoms with Gasteiger partial charge in [-0.3, -0.25) is 4.79 Å². The van der Waals surface area contributed by atoms with Gasteiger partial charge in [-0.1, -0.05) is 13.8 Å². The van der Waals surface area contributed by atoms with Crippen molar-refractivity contribution in [3.8, 4) is 0 Å². The molecule has 0 aliphatic carbocycles. The molecule has 0 aromatic carbocycles. The molecule has 4 heteroatoms. The molecule has 1 aliphatic rings. The minimum absolute atomic E-state index is 0.134. The van der Waals surface area contributed by atoms with Gasteiger partial charge in [0, 0.05) is 13.1 Å². The molecule has 0 amide bonds. The molecule has 0 spiro atoms. The Morgan fingerprint density at radius 2 is 2.20 bits per heavy atom. The zero-order valence-corrected chi connectivity index (χ0v) is 9.57. The summed E-state index contributed by atoms with van der Waals surface area (Å²) in [5.41, 5.74) is -0.997. The lowest BCUT2D eigenvalue weighted by Crippen LogP contribution is -2.35. The number of carboxylic acids is 1. The summed E-state index contributed by atoms with van der Waals surface area (Å²) in [6.07, 6.45) is 1.55. The van der Waals surface area contributed by atoms with Gasteiger partial charge in [-0.25, -0.2) is 0 Å². The first-order chi connectivity index (χ1) is 6.91. The van der Waals surface area contributed by atoms with Crippen molar-refractivity contribution in [1.82, 2.24) is 4.90 Å². The maximum Gasteiger partial charge on any atom is 0.306 e. The summed E-state index contributed by atoms with van der Waals surface area (Å²) in [6.45, 7) is 6.61. The molecule has 1 atom stereocenters. The van der Waals surface area contributed by atoms with E-state index >= 15 is 0 Å². The predicted molar refractivity (Wildman–Crippen MR) is 57.7 cm³/mol. The third-order valence-electron chi connectivity index (χ3n) is 2.91. The van der Waals surface area contributed by atoms with Crippen molar-refractivity contribution >= 4 is 5.97 Å². The number of carbonyl (C=O) groups is 1. The van der Waals surface area contributed by atoms with Crippen LogP contribution in [0.25, 0.3) is 0 Å². The molecule has 88 valence electrons. The van der Waals surface area contributed by atoms with Crippen LogP contribution in [-0.2, 0) is 4.79 Å². The third kappa shape index (κ3) is 4.18. The maximum atomic E-state index is 10.6. The van der Waals surface area contributed by atoms with Gasteiger partial charge in [-0.15, -0.1) is 0 Å². The van der Waals surface area contributed by atoms with Crippen LogP contribution in [0.4, 0.5) is 0 Å². The summed E-state index contributed by atoms with van der Waals surface area (Å²) in [5.74, 6) is -0.263. The number of aliphatic carboxylic acids is 1. The van der Waals surface area contributed by atoms with Crippen molar-refractivity contribution in [3.05, 3.63) is 0 Å². The molecule has 0 aromatic heterocycles. The highest BCUT2D eigenvalue weighted by atomic mass is 16.4. The topological polar surface area (TPSA) is 60.8 Å². The van der Waals surface area contributed by atoms with Gasteiger partial charge in [0.05, 0.1) is 12.0 Å². The van der Waals surface area contributed by atoms with Gasteiger partial charge in [0.25, 0.3) is 0 Å². The molecule has 1 unspecified atom stereocenters. The van der Waals surface area contributed by atoms with Gasteiger partial charge in [0.2, 0.25) is 0 Å². The second-order valence-corrected chi connectivity index (χ2v) is 5.00. The maximum absolute atomic E-state index is 10.6. The highest BCUT2D eigenvalue weighted by molar-refractivity contribution is 5.68. The standard InChI is InChI=1S/C11H21NO3/c1-9(2)3-5-12-6-4-11(15,8-12)7-10(13)14/h9,15H,3-8H2,1-2H3,(H,13,14). The van der Waals surface area contributed by atoms with Crippen LogP contribution in [-0.4, -0.2) is 46.3 Å². The number of aliphatic hydroxyl groups is 1. The Labute approximate surface area is 90.9 Å². The predicted octanol–water partition coefficient (Wildman–Crippen LogP) is 0.944. The second kappa shape index (κ2) is 4.94. The van der Waals surface area contributed by atoms with Gasteiger partial charge in [0.1, 0.15) is 0 Å². The van der Waals surface area contributed by atoms with Crippen molar-refractivity contribution in [2.75, 3.05) is 19.6 Å². The molecular weight excluding hydrogens is 194 g/mol. The molecule has 1 heterocycles. The van der Waals surface area contributed by atoms with Crippen LogP contribution in [0.15, 0.2) is 0 Å². The van der Waals surface area contributed by atoms with E-state index in [-0.39, 0.29) is 6.42 Å². The average Bonchev–Trinajstić information content (AvgIpc) is 2.42. The Hall–Kier alpha value is -0.610. The van der Waals surface area contributed by atoms with Crippen molar-refractivity contribution in [3.63, 3.8) is 0 Å². The van der Waals surface area contributed by atoms with Gasteiger partial charge < -0.3 is 15.1 Å². The molecule has 0 aromatic rings. The lowest BCUT2D eigenvalue weighted by molar-refractivity contribution is -0.142. The Morgan fingerprint density at radius 1 is 1.53 bits per heavy atom. The monoisotopic (exact) mass is 215 g/mol. The van der Waals surface area contributed by atoms with Crippen LogP contribution in [0, 0.1) is 5.92 Å². The number of β-amino-alcohol motifs (C(OH)–C–C–N with tert-alkyl or cyclic N) is 1. The molecule has 1 aliphatic heterocycles. The van der Waals surface area contributed by atoms with Gasteiger partial charge in [-0.2, -0.15) is 0 Å². The van der Waals surface area contributed by atoms with Crippen LogP contribution in [0.1, 0.15) is 33.1 Å². The van der Waals surface area contributed by atoms with Crippen molar-refractivity contribution in [2.45, 2.75) is 38.7 Å². The lowest BCUT2D eigenvalue weighted by atomic mass is 9.99. The van der Waals surface area contributed by atoms with Gasteiger partial charge >= 0.3 is 5.97 Å². The number of hydrogen-bond donors (Lipinski definition) is 2. The quantitative estimate of drug-likeness (QED) is 0.716. The summed E-state index contributed by atoms with van der Waals surface area (Å²) in [7, 11) is 0. The fourth-order valence-electron chi connectivity index (χ4n) is 2.00. The third-order valence-corrected chi connectivity index (χ3v) is 2.91. The van der Waals surface area contributed by atoms with Gasteiger partial charge in [0.15, 0.2) is 0 Å². The van der Waals surface area contributed by atoms with E-state index < -0.39 is 11.6 Å². The van der Waals surface area contributed by atoms with E-state index in [9.17, 15) is 9.90 Å². The largest absolute Gasteiger partial charge is 0.481 e. The molecule has 0 bridgehead atoms. The van der Waals surface area contributed by atoms with E-state index in [1.807, 2.05) is 0 Å². The van der Waals surface area contributed by atoms with Crippen LogP contribution in [0.5, 0.6) is 0 Å². The van der Waals surface area contributed by atoms with Crippen LogP contribution in [0.2, 0.25) is 0 Å². The Balaban J connectivity index is 2.34. The summed E-state index contributed by atoms with van der Waals surface area (Å²) in [6, 6.07) is 0. The van der Waals surface area contributed by atoms with E-state index in [0.717, 1.165) is 19.5 Å². The average molecular weight is 215 g/mol. The number of nitrogens with zero attached hydrogens (tertiary/aromatic N) is 1. The van der Waals surface area contributed by atoms with Crippen molar-refractivity contribution in [2.24, 2.45) is 5.92 Å². The van der Waals surface area contributed by atoms with Crippen LogP contribution >= 0.6 is 0 Å². The number of hydrogen-bond acceptors (Lipinski definition) is 3. The number of likely N-dealkylation sites (tertiary alicyclic amines) is 1. The summed E-state index contributed by atoms with van der Waals surface area (Å²) >= 11 is 0. The molecule has 1 rings (SSSR count). The van der Waals surface area contributed by atoms with Crippen molar-refractivity contribution < 1.29 is 15.0 Å². The normalized spacial score (nSPS) is 27.5. The van der Waals surface area contributed by atoms with E-state index in [1.165, 1.54) is 0 Å². The Morgan fingerprint density at radius 3 is 2.73 bits per heavy atom. The summed E-state index contributed by atoms with van der Waals surface area (Å²) in [4.78, 5) is 12.7. The molecule has 2 N–H and O–H groups in total. The fourth-order valence-corrected chi connectivity index (χ4v) is 2.00. The highest BCUT2D eigenvalue weighted by Crippen LogP contribution is 2.25. The highest BCUT2D eigenvalue weighted by Gasteiger charge is 2.37. The zero-order valence-electron chi connectivity index (χ0n) is 9.57.